The molecule has 0 unspecified atom stereocenters. The van der Waals surface area contributed by atoms with Crippen LogP contribution in [0.4, 0.5) is 5.13 Å². The van der Waals surface area contributed by atoms with Crippen molar-refractivity contribution < 1.29 is 9.53 Å². The molecule has 0 bridgehead atoms. The maximum Gasteiger partial charge on any atom is 0.264 e. The quantitative estimate of drug-likeness (QED) is 0.647. The molecule has 0 aliphatic heterocycles. The maximum absolute atomic E-state index is 12.1. The summed E-state index contributed by atoms with van der Waals surface area (Å²) in [6.45, 7) is 6.29. The van der Waals surface area contributed by atoms with Gasteiger partial charge in [0.25, 0.3) is 5.91 Å². The fraction of sp³-hybridized carbons (Fsp3) is 0.238. The fourth-order valence-corrected chi connectivity index (χ4v) is 3.18. The van der Waals surface area contributed by atoms with E-state index in [-0.39, 0.29) is 12.5 Å². The Morgan fingerprint density at radius 2 is 1.81 bits per heavy atom. The normalized spacial score (nSPS) is 10.8. The minimum absolute atomic E-state index is 0.0412. The van der Waals surface area contributed by atoms with E-state index in [4.69, 9.17) is 4.74 Å². The van der Waals surface area contributed by atoms with Crippen molar-refractivity contribution in [2.75, 3.05) is 11.9 Å². The summed E-state index contributed by atoms with van der Waals surface area (Å²) in [5, 5.41) is 5.30. The Bertz CT molecular complexity index is 868. The van der Waals surface area contributed by atoms with Gasteiger partial charge in [-0.05, 0) is 30.5 Å². The van der Waals surface area contributed by atoms with E-state index in [1.165, 1.54) is 22.5 Å². The maximum atomic E-state index is 12.1. The van der Waals surface area contributed by atoms with Crippen molar-refractivity contribution >= 4 is 22.4 Å². The molecule has 1 N–H and O–H groups in total. The first-order valence-electron chi connectivity index (χ1n) is 8.56. The van der Waals surface area contributed by atoms with Crippen LogP contribution in [0.1, 0.15) is 30.9 Å². The molecule has 5 heteroatoms. The van der Waals surface area contributed by atoms with E-state index in [1.807, 2.05) is 60.8 Å². The minimum Gasteiger partial charge on any atom is -0.484 e. The van der Waals surface area contributed by atoms with Crippen LogP contribution in [-0.4, -0.2) is 17.5 Å². The van der Waals surface area contributed by atoms with Gasteiger partial charge in [-0.25, -0.2) is 4.98 Å². The van der Waals surface area contributed by atoms with Gasteiger partial charge in [-0.3, -0.25) is 10.1 Å². The SMILES string of the molecule is Cc1ccc(-c2csc(NC(=O)COc3ccc(C(C)C)cc3)n2)cc1. The highest BCUT2D eigenvalue weighted by molar-refractivity contribution is 7.14. The van der Waals surface area contributed by atoms with Crippen LogP contribution in [-0.2, 0) is 4.79 Å². The number of carbonyl (C=O) groups excluding carboxylic acids is 1. The zero-order valence-corrected chi connectivity index (χ0v) is 16.0. The summed E-state index contributed by atoms with van der Waals surface area (Å²) in [6, 6.07) is 16.0. The zero-order valence-electron chi connectivity index (χ0n) is 15.2. The number of aryl methyl sites for hydroxylation is 1. The van der Waals surface area contributed by atoms with Crippen LogP contribution in [0.25, 0.3) is 11.3 Å². The van der Waals surface area contributed by atoms with Crippen molar-refractivity contribution in [2.24, 2.45) is 0 Å². The molecule has 0 saturated carbocycles. The van der Waals surface area contributed by atoms with Gasteiger partial charge in [-0.2, -0.15) is 0 Å². The van der Waals surface area contributed by atoms with Crippen molar-refractivity contribution in [3.63, 3.8) is 0 Å². The number of thiazole rings is 1. The third kappa shape index (κ3) is 4.70. The molecule has 0 spiro atoms. The Hall–Kier alpha value is -2.66. The molecule has 0 aliphatic carbocycles. The first-order valence-corrected chi connectivity index (χ1v) is 9.44. The van der Waals surface area contributed by atoms with Crippen LogP contribution in [0, 0.1) is 6.92 Å². The number of aromatic nitrogens is 1. The number of anilines is 1. The van der Waals surface area contributed by atoms with E-state index in [0.717, 1.165) is 11.3 Å². The molecule has 1 amide bonds. The van der Waals surface area contributed by atoms with Gasteiger partial charge in [-0.1, -0.05) is 55.8 Å². The van der Waals surface area contributed by atoms with E-state index < -0.39 is 0 Å². The minimum atomic E-state index is -0.220. The highest BCUT2D eigenvalue weighted by Gasteiger charge is 2.09. The third-order valence-corrected chi connectivity index (χ3v) is 4.77. The van der Waals surface area contributed by atoms with Gasteiger partial charge in [0.1, 0.15) is 5.75 Å². The van der Waals surface area contributed by atoms with Crippen molar-refractivity contribution in [2.45, 2.75) is 26.7 Å². The van der Waals surface area contributed by atoms with Gasteiger partial charge in [0.2, 0.25) is 0 Å². The van der Waals surface area contributed by atoms with Crippen LogP contribution in [0.15, 0.2) is 53.9 Å². The number of hydrogen-bond donors (Lipinski definition) is 1. The van der Waals surface area contributed by atoms with E-state index in [0.29, 0.717) is 16.8 Å². The lowest BCUT2D eigenvalue weighted by Gasteiger charge is -2.08. The number of amides is 1. The zero-order chi connectivity index (χ0) is 18.5. The monoisotopic (exact) mass is 366 g/mol. The molecule has 1 aromatic heterocycles. The molecule has 0 saturated heterocycles. The number of rotatable bonds is 6. The molecule has 2 aromatic carbocycles. The Balaban J connectivity index is 1.54. The van der Waals surface area contributed by atoms with Gasteiger partial charge >= 0.3 is 0 Å². The number of ether oxygens (including phenoxy) is 1. The molecule has 0 aliphatic rings. The number of benzene rings is 2. The summed E-state index contributed by atoms with van der Waals surface area (Å²) in [7, 11) is 0. The second kappa shape index (κ2) is 8.15. The van der Waals surface area contributed by atoms with E-state index in [9.17, 15) is 4.79 Å². The number of nitrogens with zero attached hydrogens (tertiary/aromatic N) is 1. The summed E-state index contributed by atoms with van der Waals surface area (Å²) < 4.78 is 5.54. The Morgan fingerprint density at radius 1 is 1.12 bits per heavy atom. The summed E-state index contributed by atoms with van der Waals surface area (Å²) in [5.41, 5.74) is 4.34. The number of nitrogens with one attached hydrogen (secondary N) is 1. The van der Waals surface area contributed by atoms with Crippen LogP contribution in [0.5, 0.6) is 5.75 Å². The molecule has 4 nitrogen and oxygen atoms in total. The molecule has 3 rings (SSSR count). The smallest absolute Gasteiger partial charge is 0.264 e. The predicted octanol–water partition coefficient (Wildman–Crippen LogP) is 5.26. The first-order chi connectivity index (χ1) is 12.5. The molecule has 1 heterocycles. The van der Waals surface area contributed by atoms with Crippen LogP contribution >= 0.6 is 11.3 Å². The van der Waals surface area contributed by atoms with Crippen molar-refractivity contribution in [3.05, 3.63) is 65.0 Å². The van der Waals surface area contributed by atoms with Crippen molar-refractivity contribution in [3.8, 4) is 17.0 Å². The summed E-state index contributed by atoms with van der Waals surface area (Å²) in [4.78, 5) is 16.5. The van der Waals surface area contributed by atoms with Gasteiger partial charge in [0, 0.05) is 10.9 Å². The summed E-state index contributed by atoms with van der Waals surface area (Å²) in [5.74, 6) is 0.937. The second-order valence-corrected chi connectivity index (χ2v) is 7.32. The van der Waals surface area contributed by atoms with Crippen LogP contribution in [0.3, 0.4) is 0 Å². The Kier molecular flexibility index (Phi) is 5.68. The fourth-order valence-electron chi connectivity index (χ4n) is 2.44. The highest BCUT2D eigenvalue weighted by atomic mass is 32.1. The standard InChI is InChI=1S/C21H22N2O2S/c1-14(2)16-8-10-18(11-9-16)25-12-20(24)23-21-22-19(13-26-21)17-6-4-15(3)5-7-17/h4-11,13-14H,12H2,1-3H3,(H,22,23,24). The van der Waals surface area contributed by atoms with E-state index in [1.54, 1.807) is 0 Å². The summed E-state index contributed by atoms with van der Waals surface area (Å²) >= 11 is 1.41. The van der Waals surface area contributed by atoms with Crippen molar-refractivity contribution in [1.82, 2.24) is 4.98 Å². The molecule has 3 aromatic rings. The molecular weight excluding hydrogens is 344 g/mol. The van der Waals surface area contributed by atoms with Gasteiger partial charge in [0.05, 0.1) is 5.69 Å². The highest BCUT2D eigenvalue weighted by Crippen LogP contribution is 2.25. The average molecular weight is 366 g/mol. The van der Waals surface area contributed by atoms with Gasteiger partial charge in [-0.15, -0.1) is 11.3 Å². The predicted molar refractivity (Wildman–Crippen MR) is 107 cm³/mol. The van der Waals surface area contributed by atoms with Gasteiger partial charge in [0.15, 0.2) is 11.7 Å². The van der Waals surface area contributed by atoms with E-state index in [2.05, 4.69) is 24.1 Å². The molecule has 0 fully saturated rings. The van der Waals surface area contributed by atoms with E-state index >= 15 is 0 Å². The summed E-state index contributed by atoms with van der Waals surface area (Å²) in [6.07, 6.45) is 0. The van der Waals surface area contributed by atoms with Crippen molar-refractivity contribution in [1.29, 1.82) is 0 Å². The van der Waals surface area contributed by atoms with Gasteiger partial charge < -0.3 is 4.74 Å². The lowest BCUT2D eigenvalue weighted by molar-refractivity contribution is -0.118. The molecule has 26 heavy (non-hydrogen) atoms. The Morgan fingerprint density at radius 3 is 2.46 bits per heavy atom. The van der Waals surface area contributed by atoms with Crippen LogP contribution in [0.2, 0.25) is 0 Å². The number of hydrogen-bond acceptors (Lipinski definition) is 4. The number of carbonyl (C=O) groups is 1. The Labute approximate surface area is 157 Å². The lowest BCUT2D eigenvalue weighted by atomic mass is 10.0. The molecular formula is C21H22N2O2S. The largest absolute Gasteiger partial charge is 0.484 e. The third-order valence-electron chi connectivity index (χ3n) is 4.01. The topological polar surface area (TPSA) is 51.2 Å². The average Bonchev–Trinajstić information content (AvgIpc) is 3.09. The van der Waals surface area contributed by atoms with Crippen LogP contribution < -0.4 is 10.1 Å². The second-order valence-electron chi connectivity index (χ2n) is 6.46. The first kappa shape index (κ1) is 18.1. The molecule has 0 radical (unpaired) electrons. The molecule has 134 valence electrons. The molecule has 0 atom stereocenters. The lowest BCUT2D eigenvalue weighted by Crippen LogP contribution is -2.20.